The van der Waals surface area contributed by atoms with Gasteiger partial charge in [0.25, 0.3) is 10.2 Å². The molecule has 6 heteroatoms. The van der Waals surface area contributed by atoms with Gasteiger partial charge in [-0.15, -0.1) is 6.42 Å². The Bertz CT molecular complexity index is 460. The number of terminal acetylenes is 1. The zero-order valence-corrected chi connectivity index (χ0v) is 13.7. The van der Waals surface area contributed by atoms with Crippen molar-refractivity contribution in [3.63, 3.8) is 0 Å². The summed E-state index contributed by atoms with van der Waals surface area (Å²) in [6.07, 6.45) is 9.46. The first kappa shape index (κ1) is 16.8. The van der Waals surface area contributed by atoms with Gasteiger partial charge in [-0.2, -0.15) is 17.0 Å². The molecule has 1 heterocycles. The molecule has 1 saturated carbocycles. The van der Waals surface area contributed by atoms with E-state index in [0.717, 1.165) is 38.8 Å². The number of rotatable bonds is 8. The fraction of sp³-hybridized carbons (Fsp3) is 0.867. The summed E-state index contributed by atoms with van der Waals surface area (Å²) < 4.78 is 28.5. The second-order valence-electron chi connectivity index (χ2n) is 6.10. The van der Waals surface area contributed by atoms with Crippen LogP contribution in [0.3, 0.4) is 0 Å². The summed E-state index contributed by atoms with van der Waals surface area (Å²) in [5, 5.41) is 3.34. The monoisotopic (exact) mass is 313 g/mol. The van der Waals surface area contributed by atoms with Gasteiger partial charge in [-0.05, 0) is 50.6 Å². The van der Waals surface area contributed by atoms with Gasteiger partial charge in [0.05, 0.1) is 6.54 Å². The molecule has 0 aromatic rings. The lowest BCUT2D eigenvalue weighted by molar-refractivity contribution is 0.251. The highest BCUT2D eigenvalue weighted by Crippen LogP contribution is 2.31. The van der Waals surface area contributed by atoms with Crippen LogP contribution in [0.1, 0.15) is 32.6 Å². The Morgan fingerprint density at radius 3 is 2.43 bits per heavy atom. The van der Waals surface area contributed by atoms with E-state index in [-0.39, 0.29) is 6.54 Å². The molecule has 2 fully saturated rings. The van der Waals surface area contributed by atoms with Crippen LogP contribution in [-0.2, 0) is 10.2 Å². The Labute approximate surface area is 129 Å². The second-order valence-corrected chi connectivity index (χ2v) is 8.03. The molecule has 0 aromatic heterocycles. The van der Waals surface area contributed by atoms with Gasteiger partial charge in [-0.25, -0.2) is 0 Å². The molecule has 120 valence electrons. The van der Waals surface area contributed by atoms with Crippen molar-refractivity contribution in [2.75, 3.05) is 39.3 Å². The van der Waals surface area contributed by atoms with Crippen LogP contribution in [-0.4, -0.2) is 56.3 Å². The van der Waals surface area contributed by atoms with Crippen LogP contribution in [0, 0.1) is 24.2 Å². The van der Waals surface area contributed by atoms with Gasteiger partial charge in [-0.3, -0.25) is 0 Å². The molecule has 2 rings (SSSR count). The van der Waals surface area contributed by atoms with Crippen molar-refractivity contribution in [3.8, 4) is 12.3 Å². The van der Waals surface area contributed by atoms with Gasteiger partial charge in [-0.1, -0.05) is 12.8 Å². The molecule has 1 saturated heterocycles. The quantitative estimate of drug-likeness (QED) is 0.677. The maximum absolute atomic E-state index is 12.7. The van der Waals surface area contributed by atoms with E-state index in [0.29, 0.717) is 31.5 Å². The fourth-order valence-electron chi connectivity index (χ4n) is 2.79. The summed E-state index contributed by atoms with van der Waals surface area (Å²) in [6, 6.07) is 0. The lowest BCUT2D eigenvalue weighted by atomic mass is 9.98. The Kier molecular flexibility index (Phi) is 6.06. The minimum atomic E-state index is -3.38. The van der Waals surface area contributed by atoms with E-state index < -0.39 is 10.2 Å². The van der Waals surface area contributed by atoms with Crippen LogP contribution in [0.5, 0.6) is 0 Å². The molecular weight excluding hydrogens is 286 g/mol. The largest absolute Gasteiger partial charge is 0.317 e. The topological polar surface area (TPSA) is 52.7 Å². The first-order valence-electron chi connectivity index (χ1n) is 7.97. The lowest BCUT2D eigenvalue weighted by Crippen LogP contribution is -2.48. The van der Waals surface area contributed by atoms with Gasteiger partial charge in [0, 0.05) is 19.6 Å². The SMILES string of the molecule is C#CCN(CC1CC1)S(=O)(=O)N1CCC(CNCC)CC1. The van der Waals surface area contributed by atoms with Crippen molar-refractivity contribution in [2.45, 2.75) is 32.6 Å². The van der Waals surface area contributed by atoms with Crippen LogP contribution in [0.15, 0.2) is 0 Å². The molecule has 0 unspecified atom stereocenters. The molecule has 5 nitrogen and oxygen atoms in total. The zero-order chi connectivity index (χ0) is 15.3. The first-order chi connectivity index (χ1) is 10.1. The fourth-order valence-corrected chi connectivity index (χ4v) is 4.42. The van der Waals surface area contributed by atoms with Crippen molar-refractivity contribution in [2.24, 2.45) is 11.8 Å². The number of nitrogens with one attached hydrogen (secondary N) is 1. The second kappa shape index (κ2) is 7.59. The van der Waals surface area contributed by atoms with Crippen molar-refractivity contribution in [1.82, 2.24) is 13.9 Å². The van der Waals surface area contributed by atoms with E-state index in [2.05, 4.69) is 18.2 Å². The molecule has 1 aliphatic heterocycles. The van der Waals surface area contributed by atoms with Crippen molar-refractivity contribution >= 4 is 10.2 Å². The van der Waals surface area contributed by atoms with Crippen LogP contribution in [0.2, 0.25) is 0 Å². The standard InChI is InChI=1S/C15H27N3O2S/c1-3-9-18(13-15-5-6-15)21(19,20)17-10-7-14(8-11-17)12-16-4-2/h1,14-16H,4-13H2,2H3. The summed E-state index contributed by atoms with van der Waals surface area (Å²) in [5.41, 5.74) is 0. The van der Waals surface area contributed by atoms with Crippen LogP contribution < -0.4 is 5.32 Å². The molecule has 1 N–H and O–H groups in total. The van der Waals surface area contributed by atoms with Crippen LogP contribution >= 0.6 is 0 Å². The highest BCUT2D eigenvalue weighted by Gasteiger charge is 2.35. The van der Waals surface area contributed by atoms with E-state index in [9.17, 15) is 8.42 Å². The van der Waals surface area contributed by atoms with Crippen molar-refractivity contribution in [1.29, 1.82) is 0 Å². The Morgan fingerprint density at radius 2 is 1.90 bits per heavy atom. The molecule has 2 aliphatic rings. The van der Waals surface area contributed by atoms with E-state index in [4.69, 9.17) is 6.42 Å². The molecule has 0 bridgehead atoms. The third-order valence-electron chi connectivity index (χ3n) is 4.34. The number of hydrogen-bond donors (Lipinski definition) is 1. The van der Waals surface area contributed by atoms with Crippen LogP contribution in [0.4, 0.5) is 0 Å². The molecular formula is C15H27N3O2S. The minimum absolute atomic E-state index is 0.191. The van der Waals surface area contributed by atoms with Crippen molar-refractivity contribution in [3.05, 3.63) is 0 Å². The van der Waals surface area contributed by atoms with Gasteiger partial charge in [0.2, 0.25) is 0 Å². The van der Waals surface area contributed by atoms with Crippen molar-refractivity contribution < 1.29 is 8.42 Å². The molecule has 0 aromatic carbocycles. The summed E-state index contributed by atoms with van der Waals surface area (Å²) in [7, 11) is -3.38. The number of hydrogen-bond acceptors (Lipinski definition) is 3. The lowest BCUT2D eigenvalue weighted by Gasteiger charge is -2.34. The zero-order valence-electron chi connectivity index (χ0n) is 12.9. The van der Waals surface area contributed by atoms with Gasteiger partial charge >= 0.3 is 0 Å². The van der Waals surface area contributed by atoms with E-state index in [1.165, 1.54) is 4.31 Å². The third kappa shape index (κ3) is 4.68. The Morgan fingerprint density at radius 1 is 1.24 bits per heavy atom. The van der Waals surface area contributed by atoms with E-state index in [1.54, 1.807) is 4.31 Å². The summed E-state index contributed by atoms with van der Waals surface area (Å²) in [5.74, 6) is 3.59. The Hall–Kier alpha value is -0.610. The van der Waals surface area contributed by atoms with Crippen LogP contribution in [0.25, 0.3) is 0 Å². The molecule has 1 aliphatic carbocycles. The number of nitrogens with zero attached hydrogens (tertiary/aromatic N) is 2. The smallest absolute Gasteiger partial charge is 0.282 e. The molecule has 0 atom stereocenters. The molecule has 0 spiro atoms. The maximum atomic E-state index is 12.7. The summed E-state index contributed by atoms with van der Waals surface area (Å²) in [4.78, 5) is 0. The van der Waals surface area contributed by atoms with Gasteiger partial charge in [0.1, 0.15) is 0 Å². The normalized spacial score (nSPS) is 21.6. The maximum Gasteiger partial charge on any atom is 0.282 e. The predicted octanol–water partition coefficient (Wildman–Crippen LogP) is 0.898. The minimum Gasteiger partial charge on any atom is -0.317 e. The number of piperidine rings is 1. The van der Waals surface area contributed by atoms with E-state index >= 15 is 0 Å². The predicted molar refractivity (Wildman–Crippen MR) is 84.9 cm³/mol. The first-order valence-corrected chi connectivity index (χ1v) is 9.37. The average molecular weight is 313 g/mol. The van der Waals surface area contributed by atoms with E-state index in [1.807, 2.05) is 0 Å². The molecule has 0 radical (unpaired) electrons. The average Bonchev–Trinajstić information content (AvgIpc) is 3.29. The van der Waals surface area contributed by atoms with Gasteiger partial charge in [0.15, 0.2) is 0 Å². The third-order valence-corrected chi connectivity index (χ3v) is 6.28. The summed E-state index contributed by atoms with van der Waals surface area (Å²) >= 11 is 0. The molecule has 0 amide bonds. The highest BCUT2D eigenvalue weighted by molar-refractivity contribution is 7.86. The van der Waals surface area contributed by atoms with Gasteiger partial charge < -0.3 is 5.32 Å². The summed E-state index contributed by atoms with van der Waals surface area (Å²) in [6.45, 7) is 6.06. The highest BCUT2D eigenvalue weighted by atomic mass is 32.2. The Balaban J connectivity index is 1.91. The molecule has 21 heavy (non-hydrogen) atoms.